The Morgan fingerprint density at radius 1 is 1.40 bits per heavy atom. The van der Waals surface area contributed by atoms with E-state index in [4.69, 9.17) is 0 Å². The van der Waals surface area contributed by atoms with Crippen molar-refractivity contribution in [2.45, 2.75) is 0 Å². The van der Waals surface area contributed by atoms with Crippen LogP contribution < -0.4 is 5.73 Å². The van der Waals surface area contributed by atoms with Crippen molar-refractivity contribution in [3.8, 4) is 0 Å². The first-order chi connectivity index (χ1) is 2.00. The molecule has 0 aromatic carbocycles. The van der Waals surface area contributed by atoms with Gasteiger partial charge in [-0.3, -0.25) is 0 Å². The Kier molecular flexibility index (Phi) is 113. The van der Waals surface area contributed by atoms with Crippen LogP contribution in [-0.2, 0) is 0 Å². The maximum absolute atomic E-state index is 3.25. The Labute approximate surface area is 72.1 Å². The summed E-state index contributed by atoms with van der Waals surface area (Å²) in [7, 11) is 1.75. The molecule has 0 bridgehead atoms. The minimum Gasteiger partial charge on any atom is -0.360 e. The van der Waals surface area contributed by atoms with Gasteiger partial charge in [0.1, 0.15) is 0 Å². The van der Waals surface area contributed by atoms with Crippen molar-refractivity contribution in [1.82, 2.24) is 0 Å². The van der Waals surface area contributed by atoms with Gasteiger partial charge in [-0.25, -0.2) is 0 Å². The molecule has 0 aliphatic rings. The van der Waals surface area contributed by atoms with Gasteiger partial charge in [0.25, 0.3) is 0 Å². The first-order valence-corrected chi connectivity index (χ1v) is 5.69. The zero-order chi connectivity index (χ0) is 4.00. The second-order valence-corrected chi connectivity index (χ2v) is 0. The van der Waals surface area contributed by atoms with E-state index in [1.807, 2.05) is 20.4 Å². The average Bonchev–Trinajstić information content (AvgIpc) is 1.50. The van der Waals surface area contributed by atoms with Gasteiger partial charge in [0, 0.05) is 20.4 Å². The summed E-state index contributed by atoms with van der Waals surface area (Å²) in [5.74, 6) is 0. The molecule has 0 atom stereocenters. The first-order valence-electron chi connectivity index (χ1n) is 0.850. The Balaban J connectivity index is -0.0000000133. The maximum Gasteiger partial charge on any atom is 2.00 e. The maximum atomic E-state index is 3.25. The molecule has 0 unspecified atom stereocenters. The molecule has 0 saturated carbocycles. The molecule has 1 nitrogen and oxygen atoms in total. The van der Waals surface area contributed by atoms with Gasteiger partial charge in [0.05, 0.1) is 7.05 Å². The van der Waals surface area contributed by atoms with Gasteiger partial charge in [-0.2, -0.15) is 0 Å². The molecule has 3 N–H and O–H groups in total. The van der Waals surface area contributed by atoms with Crippen molar-refractivity contribution in [1.29, 1.82) is 0 Å². The summed E-state index contributed by atoms with van der Waals surface area (Å²) < 4.78 is 0. The zero-order valence-corrected chi connectivity index (χ0v) is 10.6. The second-order valence-electron chi connectivity index (χ2n) is 0. The number of hydrogen-bond donors (Lipinski definition) is 1. The van der Waals surface area contributed by atoms with Crippen molar-refractivity contribution < 1.29 is 5.73 Å². The summed E-state index contributed by atoms with van der Waals surface area (Å²) in [4.78, 5) is 0. The normalized spacial score (nSPS) is 2.40. The molecule has 0 amide bonds. The molecule has 0 fully saturated rings. The monoisotopic (exact) mass is 446 g/mol. The summed E-state index contributed by atoms with van der Waals surface area (Å²) in [5.41, 5.74) is 3.25. The third-order valence-electron chi connectivity index (χ3n) is 0. The molecular weight excluding hydrogens is 440 g/mol. The van der Waals surface area contributed by atoms with Crippen molar-refractivity contribution in [3.63, 3.8) is 0 Å². The summed E-state index contributed by atoms with van der Waals surface area (Å²) in [6.07, 6.45) is 0. The molecule has 0 aromatic rings. The molecular formula is CH6BrINPb+3. The van der Waals surface area contributed by atoms with Gasteiger partial charge in [0.2, 0.25) is 0 Å². The Bertz CT molecular complexity index is 11.6. The Morgan fingerprint density at radius 3 is 1.40 bits per heavy atom. The molecule has 0 saturated heterocycles. The molecule has 2 radical (unpaired) electrons. The van der Waals surface area contributed by atoms with Crippen molar-refractivity contribution >= 4 is 60.4 Å². The van der Waals surface area contributed by atoms with Crippen LogP contribution in [0, 0.1) is 0 Å². The second kappa shape index (κ2) is 36.1. The summed E-state index contributed by atoms with van der Waals surface area (Å²) in [6.45, 7) is 0. The molecule has 0 aliphatic carbocycles. The molecule has 0 heterocycles. The topological polar surface area (TPSA) is 27.6 Å². The van der Waals surface area contributed by atoms with Gasteiger partial charge >= 0.3 is 27.3 Å². The van der Waals surface area contributed by atoms with Crippen molar-refractivity contribution in [2.75, 3.05) is 7.05 Å². The number of halogens is 2. The van der Waals surface area contributed by atoms with Crippen LogP contribution in [0.25, 0.3) is 0 Å². The number of hydrogen-bond acceptors (Lipinski definition) is 0. The Morgan fingerprint density at radius 2 is 1.40 bits per heavy atom. The standard InChI is InChI=1S/CH5N.BrI.Pb/c2*1-2;/h2H2,1H3;;/q;;+2/p+1. The van der Waals surface area contributed by atoms with Gasteiger partial charge < -0.3 is 5.73 Å². The van der Waals surface area contributed by atoms with Gasteiger partial charge in [-0.05, 0) is 12.7 Å². The van der Waals surface area contributed by atoms with E-state index in [0.717, 1.165) is 0 Å². The van der Waals surface area contributed by atoms with E-state index in [2.05, 4.69) is 18.4 Å². The van der Waals surface area contributed by atoms with E-state index in [9.17, 15) is 0 Å². The minimum atomic E-state index is 0. The third-order valence-corrected chi connectivity index (χ3v) is 0. The predicted molar refractivity (Wildman–Crippen MR) is 37.5 cm³/mol. The number of quaternary nitrogens is 1. The quantitative estimate of drug-likeness (QED) is 0.408. The summed E-state index contributed by atoms with van der Waals surface area (Å²) in [6, 6.07) is 0. The van der Waals surface area contributed by atoms with Crippen LogP contribution in [0.4, 0.5) is 0 Å². The van der Waals surface area contributed by atoms with E-state index in [1.54, 1.807) is 7.05 Å². The van der Waals surface area contributed by atoms with Gasteiger partial charge in [-0.15, -0.1) is 0 Å². The Hall–Kier alpha value is 2.09. The van der Waals surface area contributed by atoms with Crippen molar-refractivity contribution in [3.05, 3.63) is 0 Å². The zero-order valence-electron chi connectivity index (χ0n) is 2.96. The molecule has 30 valence electrons. The fourth-order valence-corrected chi connectivity index (χ4v) is 0. The smallest absolute Gasteiger partial charge is 0.360 e. The predicted octanol–water partition coefficient (Wildman–Crippen LogP) is 0.209. The molecule has 0 spiro atoms. The largest absolute Gasteiger partial charge is 2.00 e. The third kappa shape index (κ3) is 23.3. The summed E-state index contributed by atoms with van der Waals surface area (Å²) in [5, 5.41) is 0. The van der Waals surface area contributed by atoms with E-state index in [-0.39, 0.29) is 27.3 Å². The molecule has 0 rings (SSSR count). The minimum absolute atomic E-state index is 0. The van der Waals surface area contributed by atoms with E-state index in [0.29, 0.717) is 0 Å². The van der Waals surface area contributed by atoms with Crippen LogP contribution in [0.15, 0.2) is 0 Å². The van der Waals surface area contributed by atoms with Crippen molar-refractivity contribution in [2.24, 2.45) is 0 Å². The van der Waals surface area contributed by atoms with E-state index < -0.39 is 0 Å². The fourth-order valence-electron chi connectivity index (χ4n) is 0. The van der Waals surface area contributed by atoms with Crippen LogP contribution in [0.3, 0.4) is 0 Å². The molecule has 0 aliphatic heterocycles. The average molecular weight is 446 g/mol. The van der Waals surface area contributed by atoms with Crippen LogP contribution in [0.1, 0.15) is 0 Å². The van der Waals surface area contributed by atoms with E-state index >= 15 is 0 Å². The van der Waals surface area contributed by atoms with Crippen LogP contribution in [0.2, 0.25) is 0 Å². The van der Waals surface area contributed by atoms with Gasteiger partial charge in [0.15, 0.2) is 0 Å². The van der Waals surface area contributed by atoms with Crippen LogP contribution in [0.5, 0.6) is 0 Å². The molecule has 5 heavy (non-hydrogen) atoms. The van der Waals surface area contributed by atoms with E-state index in [1.165, 1.54) is 0 Å². The van der Waals surface area contributed by atoms with Crippen LogP contribution in [-0.4, -0.2) is 34.3 Å². The molecule has 0 aromatic heterocycles. The fraction of sp³-hybridized carbons (Fsp3) is 1.00. The van der Waals surface area contributed by atoms with Crippen LogP contribution >= 0.6 is 33.1 Å². The molecule has 4 heteroatoms. The summed E-state index contributed by atoms with van der Waals surface area (Å²) >= 11 is 4.87. The first kappa shape index (κ1) is 15.7. The SMILES string of the molecule is BrI.C[NH3+].[Pb+2]. The number of rotatable bonds is 0. The van der Waals surface area contributed by atoms with Gasteiger partial charge in [-0.1, -0.05) is 0 Å².